The molecule has 5 saturated carbocycles. The van der Waals surface area contributed by atoms with Crippen LogP contribution in [-0.2, 0) is 30.3 Å². The third-order valence-electron chi connectivity index (χ3n) is 17.5. The quantitative estimate of drug-likeness (QED) is 0.114. The fourth-order valence-corrected chi connectivity index (χ4v) is 14.2. The van der Waals surface area contributed by atoms with E-state index in [1.54, 1.807) is 26.0 Å². The zero-order valence-electron chi connectivity index (χ0n) is 36.4. The number of esters is 1. The Morgan fingerprint density at radius 2 is 1.53 bits per heavy atom. The summed E-state index contributed by atoms with van der Waals surface area (Å²) in [6.07, 6.45) is 9.70. The highest BCUT2D eigenvalue weighted by atomic mass is 16.5. The van der Waals surface area contributed by atoms with Crippen LogP contribution in [0.1, 0.15) is 148 Å². The van der Waals surface area contributed by atoms with Gasteiger partial charge in [-0.25, -0.2) is 0 Å². The Balaban J connectivity index is 1.19. The van der Waals surface area contributed by atoms with Gasteiger partial charge in [0.2, 0.25) is 5.91 Å². The summed E-state index contributed by atoms with van der Waals surface area (Å²) in [5, 5.41) is 24.7. The Labute approximate surface area is 346 Å². The molecule has 0 heterocycles. The molecule has 1 aromatic carbocycles. The standard InChI is InChI=1S/C48H70N2O8/c1-29(2)31-16-23-48(41(55)50-26-19-30-12-10-11-13-32(30)40(54)49-27-20-37(51)52)25-24-46(8)33(39(31)48)14-15-35-45(7)21-18-36(58-38(53)28-43(3,4)42(56)57)44(5,6)34(45)17-22-47(35,46)9/h10-13,31,33-36,39H,1,14-28H2,2-9H3,(H,49,54)(H,50,55)(H,51,52)(H,56,57)/t31-,33+,34-,35+,36-,39+,45-,46+,47+,48-/m0/s1. The van der Waals surface area contributed by atoms with E-state index in [0.717, 1.165) is 69.8 Å². The molecule has 10 heteroatoms. The maximum atomic E-state index is 14.7. The van der Waals surface area contributed by atoms with Crippen LogP contribution in [0.5, 0.6) is 0 Å². The fraction of sp³-hybridized carbons (Fsp3) is 0.729. The Hall–Kier alpha value is -3.69. The molecule has 5 aliphatic carbocycles. The van der Waals surface area contributed by atoms with Crippen molar-refractivity contribution in [2.24, 2.45) is 62.1 Å². The number of aliphatic carboxylic acids is 2. The normalized spacial score (nSPS) is 36.2. The average Bonchev–Trinajstić information content (AvgIpc) is 3.54. The number of amides is 2. The van der Waals surface area contributed by atoms with Crippen LogP contribution < -0.4 is 10.6 Å². The maximum Gasteiger partial charge on any atom is 0.309 e. The van der Waals surface area contributed by atoms with E-state index in [0.29, 0.717) is 36.3 Å². The lowest BCUT2D eigenvalue weighted by molar-refractivity contribution is -0.249. The van der Waals surface area contributed by atoms with Crippen LogP contribution in [0.4, 0.5) is 0 Å². The van der Waals surface area contributed by atoms with Crippen LogP contribution in [0.3, 0.4) is 0 Å². The third-order valence-corrected chi connectivity index (χ3v) is 17.5. The number of hydrogen-bond donors (Lipinski definition) is 4. The molecule has 5 fully saturated rings. The van der Waals surface area contributed by atoms with Crippen LogP contribution in [0, 0.1) is 62.1 Å². The van der Waals surface area contributed by atoms with Crippen molar-refractivity contribution in [3.05, 3.63) is 47.5 Å². The molecule has 2 amide bonds. The molecule has 5 aliphatic rings. The first-order valence-corrected chi connectivity index (χ1v) is 22.0. The van der Waals surface area contributed by atoms with Gasteiger partial charge in [0.05, 0.1) is 23.7 Å². The molecule has 6 rings (SSSR count). The molecule has 4 N–H and O–H groups in total. The van der Waals surface area contributed by atoms with Gasteiger partial charge in [-0.2, -0.15) is 0 Å². The van der Waals surface area contributed by atoms with Gasteiger partial charge in [-0.15, -0.1) is 0 Å². The number of fused-ring (bicyclic) bond motifs is 7. The Bertz CT molecular complexity index is 1820. The van der Waals surface area contributed by atoms with Crippen LogP contribution in [0.2, 0.25) is 0 Å². The molecule has 0 saturated heterocycles. The first-order valence-electron chi connectivity index (χ1n) is 22.0. The summed E-state index contributed by atoms with van der Waals surface area (Å²) in [7, 11) is 0. The van der Waals surface area contributed by atoms with Crippen LogP contribution in [0.15, 0.2) is 36.4 Å². The smallest absolute Gasteiger partial charge is 0.309 e. The number of hydrogen-bond acceptors (Lipinski definition) is 6. The Morgan fingerprint density at radius 1 is 0.828 bits per heavy atom. The number of nitrogens with one attached hydrogen (secondary N) is 2. The molecule has 0 aromatic heterocycles. The van der Waals surface area contributed by atoms with E-state index in [9.17, 15) is 29.1 Å². The van der Waals surface area contributed by atoms with Gasteiger partial charge in [-0.3, -0.25) is 24.0 Å². The number of ether oxygens (including phenoxy) is 1. The minimum absolute atomic E-state index is 0.0409. The summed E-state index contributed by atoms with van der Waals surface area (Å²) in [5.41, 5.74) is 0.778. The summed E-state index contributed by atoms with van der Waals surface area (Å²) >= 11 is 0. The molecule has 0 spiro atoms. The summed E-state index contributed by atoms with van der Waals surface area (Å²) < 4.78 is 6.18. The molecule has 10 nitrogen and oxygen atoms in total. The first-order chi connectivity index (χ1) is 27.0. The number of carbonyl (C=O) groups excluding carboxylic acids is 3. The molecule has 320 valence electrons. The zero-order valence-corrected chi connectivity index (χ0v) is 36.4. The molecule has 0 unspecified atom stereocenters. The average molecular weight is 803 g/mol. The number of rotatable bonds is 13. The molecule has 1 aromatic rings. The lowest BCUT2D eigenvalue weighted by atomic mass is 9.32. The van der Waals surface area contributed by atoms with E-state index in [2.05, 4.69) is 58.8 Å². The summed E-state index contributed by atoms with van der Waals surface area (Å²) in [4.78, 5) is 63.5. The van der Waals surface area contributed by atoms with Gasteiger partial charge in [0, 0.05) is 24.1 Å². The maximum absolute atomic E-state index is 14.7. The summed E-state index contributed by atoms with van der Waals surface area (Å²) in [6, 6.07) is 7.33. The van der Waals surface area contributed by atoms with Gasteiger partial charge in [0.15, 0.2) is 0 Å². The van der Waals surface area contributed by atoms with Gasteiger partial charge in [-0.05, 0) is 149 Å². The van der Waals surface area contributed by atoms with Gasteiger partial charge in [0.25, 0.3) is 5.91 Å². The monoisotopic (exact) mass is 803 g/mol. The topological polar surface area (TPSA) is 159 Å². The van der Waals surface area contributed by atoms with Gasteiger partial charge >= 0.3 is 17.9 Å². The minimum atomic E-state index is -1.18. The number of allylic oxidation sites excluding steroid dienone is 1. The fourth-order valence-electron chi connectivity index (χ4n) is 14.2. The largest absolute Gasteiger partial charge is 0.481 e. The van der Waals surface area contributed by atoms with Crippen molar-refractivity contribution < 1.29 is 38.9 Å². The van der Waals surface area contributed by atoms with Crippen LogP contribution in [-0.4, -0.2) is 59.1 Å². The SMILES string of the molecule is C=C(C)[C@@H]1CC[C@]2(C(=O)NCCc3ccccc3C(=O)NCCC(=O)O)CC[C@]3(C)[C@H](CC[C@@H]4[C@@]5(C)CC[C@H](OC(=O)CC(C)(C)C(=O)O)C(C)(C)[C@@H]5CC[C@]43C)[C@@H]12. The number of carboxylic acids is 2. The third kappa shape index (κ3) is 7.30. The molecular weight excluding hydrogens is 733 g/mol. The highest BCUT2D eigenvalue weighted by Crippen LogP contribution is 2.77. The molecule has 0 bridgehead atoms. The predicted octanol–water partition coefficient (Wildman–Crippen LogP) is 8.62. The second kappa shape index (κ2) is 15.7. The van der Waals surface area contributed by atoms with E-state index >= 15 is 0 Å². The van der Waals surface area contributed by atoms with Crippen molar-refractivity contribution in [3.8, 4) is 0 Å². The highest BCUT2D eigenvalue weighted by molar-refractivity contribution is 5.96. The second-order valence-corrected chi connectivity index (χ2v) is 21.1. The van der Waals surface area contributed by atoms with E-state index in [4.69, 9.17) is 9.84 Å². The van der Waals surface area contributed by atoms with Gasteiger partial charge in [-0.1, -0.05) is 65.0 Å². The van der Waals surface area contributed by atoms with Crippen LogP contribution in [0.25, 0.3) is 0 Å². The predicted molar refractivity (Wildman–Crippen MR) is 223 cm³/mol. The highest BCUT2D eigenvalue weighted by Gasteiger charge is 2.72. The lowest BCUT2D eigenvalue weighted by Crippen LogP contribution is -2.67. The zero-order chi connectivity index (χ0) is 42.6. The molecule has 0 radical (unpaired) electrons. The summed E-state index contributed by atoms with van der Waals surface area (Å²) in [6.45, 7) is 22.5. The number of carbonyl (C=O) groups is 5. The van der Waals surface area contributed by atoms with Crippen LogP contribution >= 0.6 is 0 Å². The van der Waals surface area contributed by atoms with Crippen molar-refractivity contribution >= 4 is 29.7 Å². The summed E-state index contributed by atoms with van der Waals surface area (Å²) in [5.74, 6) is -0.829. The molecule has 10 atom stereocenters. The van der Waals surface area contributed by atoms with Gasteiger partial charge < -0.3 is 25.6 Å². The Kier molecular flexibility index (Phi) is 11.9. The molecule has 58 heavy (non-hydrogen) atoms. The van der Waals surface area contributed by atoms with Crippen molar-refractivity contribution in [1.29, 1.82) is 0 Å². The first kappa shape index (κ1) is 43.9. The van der Waals surface area contributed by atoms with Crippen molar-refractivity contribution in [2.75, 3.05) is 13.1 Å². The van der Waals surface area contributed by atoms with Crippen molar-refractivity contribution in [3.63, 3.8) is 0 Å². The van der Waals surface area contributed by atoms with Crippen molar-refractivity contribution in [2.45, 2.75) is 145 Å². The van der Waals surface area contributed by atoms with Crippen molar-refractivity contribution in [1.82, 2.24) is 10.6 Å². The van der Waals surface area contributed by atoms with E-state index < -0.39 is 28.7 Å². The van der Waals surface area contributed by atoms with Gasteiger partial charge in [0.1, 0.15) is 6.10 Å². The van der Waals surface area contributed by atoms with E-state index in [1.165, 1.54) is 5.57 Å². The lowest BCUT2D eigenvalue weighted by Gasteiger charge is -2.72. The Morgan fingerprint density at radius 3 is 2.21 bits per heavy atom. The molecular formula is C48H70N2O8. The minimum Gasteiger partial charge on any atom is -0.481 e. The second-order valence-electron chi connectivity index (χ2n) is 21.1. The van der Waals surface area contributed by atoms with E-state index in [1.807, 2.05) is 12.1 Å². The van der Waals surface area contributed by atoms with E-state index in [-0.39, 0.29) is 70.8 Å². The number of carboxylic acid groups (broad SMARTS) is 2. The molecule has 0 aliphatic heterocycles. The number of benzene rings is 1.